The highest BCUT2D eigenvalue weighted by molar-refractivity contribution is 5.81. The Morgan fingerprint density at radius 3 is 0.744 bits per heavy atom. The second-order valence-corrected chi connectivity index (χ2v) is 21.6. The summed E-state index contributed by atoms with van der Waals surface area (Å²) in [5.41, 5.74) is 4.16. The second kappa shape index (κ2) is 39.7. The fourth-order valence-corrected chi connectivity index (χ4v) is 9.02. The van der Waals surface area contributed by atoms with Gasteiger partial charge < -0.3 is 59.0 Å². The Bertz CT molecular complexity index is 2340. The number of nitrogens with zero attached hydrogens (tertiary/aromatic N) is 4. The van der Waals surface area contributed by atoms with Crippen LogP contribution in [0.15, 0.2) is 60.7 Å². The van der Waals surface area contributed by atoms with Crippen molar-refractivity contribution in [2.45, 2.75) is 182 Å². The second-order valence-electron chi connectivity index (χ2n) is 21.6. The van der Waals surface area contributed by atoms with Crippen LogP contribution in [0.3, 0.4) is 0 Å². The molecule has 474 valence electrons. The van der Waals surface area contributed by atoms with Crippen LogP contribution in [0.4, 0.5) is 0 Å². The van der Waals surface area contributed by atoms with Gasteiger partial charge >= 0.3 is 0 Å². The molecule has 3 aromatic carbocycles. The average molecular weight is 1200 g/mol. The molecule has 20 nitrogen and oxygen atoms in total. The van der Waals surface area contributed by atoms with E-state index in [0.29, 0.717) is 50.6 Å². The first-order chi connectivity index (χ1) is 41.1. The highest BCUT2D eigenvalue weighted by Gasteiger charge is 2.32. The van der Waals surface area contributed by atoms with Gasteiger partial charge in [0.2, 0.25) is 0 Å². The zero-order chi connectivity index (χ0) is 63.6. The Hall–Kier alpha value is -7.90. The van der Waals surface area contributed by atoms with E-state index in [9.17, 15) is 0 Å². The highest BCUT2D eigenvalue weighted by Crippen LogP contribution is 2.32. The van der Waals surface area contributed by atoms with Crippen LogP contribution in [-0.4, -0.2) is 164 Å². The molecule has 8 N–H and O–H groups in total. The fraction of sp³-hybridized carbons (Fsp3) is 0.545. The molecule has 3 aromatic rings. The van der Waals surface area contributed by atoms with Crippen molar-refractivity contribution in [1.29, 1.82) is 21.6 Å². The van der Waals surface area contributed by atoms with E-state index in [2.05, 4.69) is 120 Å². The first kappa shape index (κ1) is 72.4. The van der Waals surface area contributed by atoms with E-state index in [-0.39, 0.29) is 0 Å². The zero-order valence-electron chi connectivity index (χ0n) is 52.2. The van der Waals surface area contributed by atoms with Gasteiger partial charge in [0.05, 0.1) is 49.8 Å². The number of aliphatic carboxylic acids is 4. The van der Waals surface area contributed by atoms with Crippen molar-refractivity contribution in [3.8, 4) is 23.0 Å². The van der Waals surface area contributed by atoms with Crippen LogP contribution in [0.5, 0.6) is 23.0 Å². The molecule has 0 bridgehead atoms. The summed E-state index contributed by atoms with van der Waals surface area (Å²) in [4.78, 5) is 45.0. The molecule has 4 aliphatic rings. The SMILES string of the molecule is CC(=O)O.CC(=O)O.CC(=O)O.CC(=O)O.CCC(=N)N(CCCOc1cc(/C=C/c2ccc(/C=C/c3cc(OCCCN(C(=N)CC)C4CC4)cc(OCCCN(C(=N)CC)C4CC4)c3)cc2)cc(OCCCN(C(=N)CC)C2CC2)c1)C1CC1. The molecule has 0 amide bonds. The van der Waals surface area contributed by atoms with Crippen molar-refractivity contribution in [2.24, 2.45) is 0 Å². The maximum absolute atomic E-state index is 9.00. The third kappa shape index (κ3) is 31.8. The molecule has 0 atom stereocenters. The lowest BCUT2D eigenvalue weighted by Gasteiger charge is -2.24. The smallest absolute Gasteiger partial charge is 0.300 e. The van der Waals surface area contributed by atoms with Gasteiger partial charge in [0.15, 0.2) is 0 Å². The Morgan fingerprint density at radius 2 is 0.570 bits per heavy atom. The van der Waals surface area contributed by atoms with Gasteiger partial charge in [0.25, 0.3) is 23.9 Å². The van der Waals surface area contributed by atoms with Crippen molar-refractivity contribution in [1.82, 2.24) is 19.6 Å². The van der Waals surface area contributed by atoms with Gasteiger partial charge in [-0.3, -0.25) is 40.8 Å². The molecule has 0 aliphatic heterocycles. The van der Waals surface area contributed by atoms with Gasteiger partial charge in [-0.2, -0.15) is 0 Å². The Labute approximate surface area is 510 Å². The Balaban J connectivity index is 0.00000108. The van der Waals surface area contributed by atoms with Crippen LogP contribution in [0.25, 0.3) is 24.3 Å². The molecule has 20 heteroatoms. The number of ether oxygens (including phenoxy) is 4. The van der Waals surface area contributed by atoms with Crippen molar-refractivity contribution >= 4 is 71.5 Å². The molecular formula is C66H98N8O12. The monoisotopic (exact) mass is 1190 g/mol. The van der Waals surface area contributed by atoms with Crippen molar-refractivity contribution in [3.63, 3.8) is 0 Å². The van der Waals surface area contributed by atoms with Gasteiger partial charge in [0.1, 0.15) is 23.0 Å². The van der Waals surface area contributed by atoms with E-state index < -0.39 is 23.9 Å². The molecule has 86 heavy (non-hydrogen) atoms. The summed E-state index contributed by atoms with van der Waals surface area (Å²) in [6, 6.07) is 22.9. The van der Waals surface area contributed by atoms with Gasteiger partial charge in [-0.1, -0.05) is 76.3 Å². The zero-order valence-corrected chi connectivity index (χ0v) is 52.2. The minimum Gasteiger partial charge on any atom is -0.493 e. The van der Waals surface area contributed by atoms with E-state index >= 15 is 0 Å². The first-order valence-corrected chi connectivity index (χ1v) is 30.5. The topological polar surface area (TPSA) is 294 Å². The van der Waals surface area contributed by atoms with Crippen LogP contribution >= 0.6 is 0 Å². The number of nitrogens with one attached hydrogen (secondary N) is 4. The van der Waals surface area contributed by atoms with Gasteiger partial charge in [-0.25, -0.2) is 0 Å². The summed E-state index contributed by atoms with van der Waals surface area (Å²) < 4.78 is 25.4. The number of rotatable bonds is 32. The quantitative estimate of drug-likeness (QED) is 0.0125. The minimum absolute atomic E-state index is 0.522. The van der Waals surface area contributed by atoms with E-state index in [1.807, 2.05) is 12.1 Å². The first-order valence-electron chi connectivity index (χ1n) is 30.5. The number of amidine groups is 4. The largest absolute Gasteiger partial charge is 0.493 e. The van der Waals surface area contributed by atoms with Crippen molar-refractivity contribution in [2.75, 3.05) is 52.6 Å². The summed E-state index contributed by atoms with van der Waals surface area (Å²) in [5, 5.41) is 63.4. The summed E-state index contributed by atoms with van der Waals surface area (Å²) in [6.07, 6.45) is 24.3. The van der Waals surface area contributed by atoms with Crippen LogP contribution in [0.1, 0.15) is 180 Å². The molecule has 0 unspecified atom stereocenters. The maximum atomic E-state index is 9.00. The lowest BCUT2D eigenvalue weighted by Crippen LogP contribution is -2.33. The lowest BCUT2D eigenvalue weighted by atomic mass is 10.1. The van der Waals surface area contributed by atoms with Crippen LogP contribution in [-0.2, 0) is 19.2 Å². The normalized spacial score (nSPS) is 13.8. The predicted octanol–water partition coefficient (Wildman–Crippen LogP) is 12.9. The van der Waals surface area contributed by atoms with Crippen molar-refractivity contribution in [3.05, 3.63) is 82.9 Å². The lowest BCUT2D eigenvalue weighted by molar-refractivity contribution is -0.135. The summed E-state index contributed by atoms with van der Waals surface area (Å²) in [5.74, 6) is 2.66. The molecule has 0 radical (unpaired) electrons. The van der Waals surface area contributed by atoms with E-state index in [0.717, 1.165) is 174 Å². The molecular weight excluding hydrogens is 1100 g/mol. The van der Waals surface area contributed by atoms with Crippen LogP contribution in [0.2, 0.25) is 0 Å². The summed E-state index contributed by atoms with van der Waals surface area (Å²) in [7, 11) is 0. The number of hydrogen-bond acceptors (Lipinski definition) is 12. The molecule has 0 saturated heterocycles. The van der Waals surface area contributed by atoms with Gasteiger partial charge in [-0.05, 0) is 124 Å². The number of carbonyl (C=O) groups is 4. The Morgan fingerprint density at radius 1 is 0.384 bits per heavy atom. The number of benzene rings is 3. The van der Waals surface area contributed by atoms with Gasteiger partial charge in [-0.15, -0.1) is 0 Å². The van der Waals surface area contributed by atoms with Crippen LogP contribution < -0.4 is 18.9 Å². The van der Waals surface area contributed by atoms with Gasteiger partial charge in [0, 0.05) is 116 Å². The highest BCUT2D eigenvalue weighted by atomic mass is 16.5. The van der Waals surface area contributed by atoms with Crippen LogP contribution in [0, 0.1) is 21.6 Å². The standard InChI is InChI=1S/C58H82N8O4.4C2H4O2/c1-5-55(59)63(47-21-22-47)29-9-33-67-51-37-45(38-52(41-51)68-34-10-30-64(48-23-24-48)56(60)6-2)19-17-43-13-15-44(16-14-43)18-20-46-39-53(69-35-11-31-65(49-25-26-49)57(61)7-3)42-54(40-46)70-36-12-32-66(50-27-28-50)58(62)8-4;4*1-2(3)4/h13-20,37-42,47-50,59-62H,5-12,21-36H2,1-4H3;4*1H3,(H,3,4)/b19-17+,20-18+,59-55?,60-56?,61-57?,62-58?;;;;. The number of carboxylic acids is 4. The molecule has 4 aliphatic carbocycles. The molecule has 4 saturated carbocycles. The summed E-state index contributed by atoms with van der Waals surface area (Å²) >= 11 is 0. The maximum Gasteiger partial charge on any atom is 0.300 e. The molecule has 7 rings (SSSR count). The molecule has 0 spiro atoms. The van der Waals surface area contributed by atoms with E-state index in [1.165, 1.54) is 51.4 Å². The van der Waals surface area contributed by atoms with E-state index in [4.69, 9.17) is 80.2 Å². The number of hydrogen-bond donors (Lipinski definition) is 8. The molecule has 0 aromatic heterocycles. The third-order valence-corrected chi connectivity index (χ3v) is 13.6. The average Bonchev–Trinajstić information content (AvgIpc) is 4.44. The molecule has 0 heterocycles. The third-order valence-electron chi connectivity index (χ3n) is 13.6. The van der Waals surface area contributed by atoms with E-state index in [1.54, 1.807) is 0 Å². The summed E-state index contributed by atoms with van der Waals surface area (Å²) in [6.45, 7) is 18.2. The van der Waals surface area contributed by atoms with Crippen molar-refractivity contribution < 1.29 is 58.6 Å². The number of carboxylic acid groups (broad SMARTS) is 4. The fourth-order valence-electron chi connectivity index (χ4n) is 9.02. The molecule has 4 fully saturated rings. The minimum atomic E-state index is -0.833. The Kier molecular flexibility index (Phi) is 33.4. The predicted molar refractivity (Wildman–Crippen MR) is 342 cm³/mol.